The van der Waals surface area contributed by atoms with Crippen LogP contribution in [0.2, 0.25) is 0 Å². The Morgan fingerprint density at radius 1 is 0.964 bits per heavy atom. The first-order valence-corrected chi connectivity index (χ1v) is 8.58. The first-order valence-electron chi connectivity index (χ1n) is 8.58. The molecule has 0 aliphatic heterocycles. The van der Waals surface area contributed by atoms with Gasteiger partial charge in [-0.25, -0.2) is 4.79 Å². The Bertz CT molecular complexity index is 866. The molecule has 28 heavy (non-hydrogen) atoms. The normalized spacial score (nSPS) is 9.96. The molecule has 0 saturated heterocycles. The highest BCUT2D eigenvalue weighted by Gasteiger charge is 2.14. The van der Waals surface area contributed by atoms with Gasteiger partial charge in [0.15, 0.2) is 18.1 Å². The zero-order chi connectivity index (χ0) is 20.5. The van der Waals surface area contributed by atoms with Gasteiger partial charge in [-0.1, -0.05) is 6.07 Å². The van der Waals surface area contributed by atoms with Crippen LogP contribution in [0.1, 0.15) is 24.2 Å². The van der Waals surface area contributed by atoms with E-state index in [0.29, 0.717) is 29.5 Å². The number of hydrogen-bond acceptors (Lipinski definition) is 6. The molecule has 0 unspecified atom stereocenters. The predicted molar refractivity (Wildman–Crippen MR) is 104 cm³/mol. The van der Waals surface area contributed by atoms with Crippen molar-refractivity contribution in [2.45, 2.75) is 13.8 Å². The van der Waals surface area contributed by atoms with Gasteiger partial charge in [-0.15, -0.1) is 0 Å². The van der Waals surface area contributed by atoms with Crippen molar-refractivity contribution in [3.8, 4) is 11.5 Å². The third-order valence-electron chi connectivity index (χ3n) is 3.50. The van der Waals surface area contributed by atoms with Gasteiger partial charge in [-0.3, -0.25) is 9.59 Å². The van der Waals surface area contributed by atoms with Crippen LogP contribution in [0.3, 0.4) is 0 Å². The van der Waals surface area contributed by atoms with Crippen molar-refractivity contribution in [3.63, 3.8) is 0 Å². The standard InChI is InChI=1S/C20H22N2O6/c1-4-27-18-10-14(8-9-17(18)26-3)20(25)28-12-19(24)22-16-7-5-6-15(11-16)21-13(2)23/h5-11H,4,12H2,1-3H3,(H,21,23)(H,22,24). The van der Waals surface area contributed by atoms with Crippen molar-refractivity contribution in [1.82, 2.24) is 0 Å². The summed E-state index contributed by atoms with van der Waals surface area (Å²) >= 11 is 0. The Labute approximate surface area is 162 Å². The molecule has 2 aromatic carbocycles. The molecule has 0 heterocycles. The number of ether oxygens (including phenoxy) is 3. The Morgan fingerprint density at radius 3 is 2.32 bits per heavy atom. The molecule has 0 aromatic heterocycles. The summed E-state index contributed by atoms with van der Waals surface area (Å²) in [5.74, 6) is -0.477. The lowest BCUT2D eigenvalue weighted by Crippen LogP contribution is -2.21. The smallest absolute Gasteiger partial charge is 0.338 e. The number of rotatable bonds is 8. The average molecular weight is 386 g/mol. The molecule has 0 spiro atoms. The van der Waals surface area contributed by atoms with E-state index in [1.54, 1.807) is 30.3 Å². The van der Waals surface area contributed by atoms with E-state index >= 15 is 0 Å². The van der Waals surface area contributed by atoms with Gasteiger partial charge < -0.3 is 24.8 Å². The summed E-state index contributed by atoms with van der Waals surface area (Å²) in [6, 6.07) is 11.2. The summed E-state index contributed by atoms with van der Waals surface area (Å²) in [6.07, 6.45) is 0. The van der Waals surface area contributed by atoms with Crippen LogP contribution in [0.15, 0.2) is 42.5 Å². The Morgan fingerprint density at radius 2 is 1.68 bits per heavy atom. The van der Waals surface area contributed by atoms with Crippen molar-refractivity contribution in [2.24, 2.45) is 0 Å². The Kier molecular flexibility index (Phi) is 7.38. The van der Waals surface area contributed by atoms with Gasteiger partial charge in [0.2, 0.25) is 5.91 Å². The zero-order valence-corrected chi connectivity index (χ0v) is 15.9. The summed E-state index contributed by atoms with van der Waals surface area (Å²) in [5.41, 5.74) is 1.25. The molecule has 0 radical (unpaired) electrons. The number of carbonyl (C=O) groups excluding carboxylic acids is 3. The van der Waals surface area contributed by atoms with E-state index in [-0.39, 0.29) is 11.5 Å². The topological polar surface area (TPSA) is 103 Å². The number of carbonyl (C=O) groups is 3. The fraction of sp³-hybridized carbons (Fsp3) is 0.250. The highest BCUT2D eigenvalue weighted by atomic mass is 16.5. The van der Waals surface area contributed by atoms with Gasteiger partial charge >= 0.3 is 5.97 Å². The minimum absolute atomic E-state index is 0.219. The molecule has 0 aliphatic carbocycles. The Hall–Kier alpha value is -3.55. The lowest BCUT2D eigenvalue weighted by molar-refractivity contribution is -0.119. The molecule has 148 valence electrons. The molecule has 2 aromatic rings. The average Bonchev–Trinajstić information content (AvgIpc) is 2.66. The van der Waals surface area contributed by atoms with Gasteiger partial charge in [0.1, 0.15) is 0 Å². The molecular weight excluding hydrogens is 364 g/mol. The summed E-state index contributed by atoms with van der Waals surface area (Å²) in [4.78, 5) is 35.3. The van der Waals surface area contributed by atoms with Crippen molar-refractivity contribution in [3.05, 3.63) is 48.0 Å². The van der Waals surface area contributed by atoms with Gasteiger partial charge in [0, 0.05) is 18.3 Å². The molecule has 0 saturated carbocycles. The molecule has 8 heteroatoms. The highest BCUT2D eigenvalue weighted by Crippen LogP contribution is 2.28. The van der Waals surface area contributed by atoms with E-state index in [0.717, 1.165) is 0 Å². The first kappa shape index (κ1) is 20.8. The number of nitrogens with one attached hydrogen (secondary N) is 2. The largest absolute Gasteiger partial charge is 0.493 e. The number of amides is 2. The van der Waals surface area contributed by atoms with Gasteiger partial charge in [-0.05, 0) is 43.3 Å². The van der Waals surface area contributed by atoms with Crippen LogP contribution >= 0.6 is 0 Å². The van der Waals surface area contributed by atoms with Crippen LogP contribution in [-0.2, 0) is 14.3 Å². The third-order valence-corrected chi connectivity index (χ3v) is 3.50. The highest BCUT2D eigenvalue weighted by molar-refractivity contribution is 5.96. The van der Waals surface area contributed by atoms with Gasteiger partial charge in [-0.2, -0.15) is 0 Å². The number of hydrogen-bond donors (Lipinski definition) is 2. The first-order chi connectivity index (χ1) is 13.4. The minimum atomic E-state index is -0.661. The molecule has 0 atom stereocenters. The van der Waals surface area contributed by atoms with E-state index in [2.05, 4.69) is 10.6 Å². The van der Waals surface area contributed by atoms with Crippen LogP contribution in [-0.4, -0.2) is 38.1 Å². The quantitative estimate of drug-likeness (QED) is 0.676. The third kappa shape index (κ3) is 6.01. The maximum Gasteiger partial charge on any atom is 0.338 e. The summed E-state index contributed by atoms with van der Waals surface area (Å²) in [5, 5.41) is 5.22. The number of benzene rings is 2. The Balaban J connectivity index is 1.94. The van der Waals surface area contributed by atoms with Gasteiger partial charge in [0.05, 0.1) is 19.3 Å². The molecular formula is C20H22N2O6. The predicted octanol–water partition coefficient (Wildman–Crippen LogP) is 2.85. The monoisotopic (exact) mass is 386 g/mol. The molecule has 8 nitrogen and oxygen atoms in total. The molecule has 2 N–H and O–H groups in total. The van der Waals surface area contributed by atoms with Crippen molar-refractivity contribution >= 4 is 29.2 Å². The molecule has 0 aliphatic rings. The lowest BCUT2D eigenvalue weighted by Gasteiger charge is -2.11. The lowest BCUT2D eigenvalue weighted by atomic mass is 10.2. The summed E-state index contributed by atoms with van der Waals surface area (Å²) in [6.45, 7) is 3.16. The van der Waals surface area contributed by atoms with Crippen LogP contribution in [0.5, 0.6) is 11.5 Å². The second-order valence-electron chi connectivity index (χ2n) is 5.68. The van der Waals surface area contributed by atoms with E-state index in [1.807, 2.05) is 6.92 Å². The summed E-state index contributed by atoms with van der Waals surface area (Å²) < 4.78 is 15.6. The zero-order valence-electron chi connectivity index (χ0n) is 15.9. The van der Waals surface area contributed by atoms with Crippen molar-refractivity contribution < 1.29 is 28.6 Å². The summed E-state index contributed by atoms with van der Waals surface area (Å²) in [7, 11) is 1.50. The number of esters is 1. The fourth-order valence-electron chi connectivity index (χ4n) is 2.36. The van der Waals surface area contributed by atoms with E-state index in [1.165, 1.54) is 26.2 Å². The molecule has 2 rings (SSSR count). The van der Waals surface area contributed by atoms with E-state index in [4.69, 9.17) is 14.2 Å². The molecule has 0 fully saturated rings. The van der Waals surface area contributed by atoms with E-state index < -0.39 is 18.5 Å². The van der Waals surface area contributed by atoms with Crippen LogP contribution < -0.4 is 20.1 Å². The van der Waals surface area contributed by atoms with Crippen LogP contribution in [0, 0.1) is 0 Å². The SMILES string of the molecule is CCOc1cc(C(=O)OCC(=O)Nc2cccc(NC(C)=O)c2)ccc1OC. The van der Waals surface area contributed by atoms with Crippen molar-refractivity contribution in [1.29, 1.82) is 0 Å². The van der Waals surface area contributed by atoms with E-state index in [9.17, 15) is 14.4 Å². The van der Waals surface area contributed by atoms with Gasteiger partial charge in [0.25, 0.3) is 5.91 Å². The number of anilines is 2. The van der Waals surface area contributed by atoms with Crippen LogP contribution in [0.4, 0.5) is 11.4 Å². The molecule has 0 bridgehead atoms. The van der Waals surface area contributed by atoms with Crippen molar-refractivity contribution in [2.75, 3.05) is 31.0 Å². The number of methoxy groups -OCH3 is 1. The second kappa shape index (κ2) is 9.96. The maximum absolute atomic E-state index is 12.2. The van der Waals surface area contributed by atoms with Crippen LogP contribution in [0.25, 0.3) is 0 Å². The minimum Gasteiger partial charge on any atom is -0.493 e. The fourth-order valence-corrected chi connectivity index (χ4v) is 2.36. The second-order valence-corrected chi connectivity index (χ2v) is 5.68. The maximum atomic E-state index is 12.2. The molecule has 2 amide bonds.